The van der Waals surface area contributed by atoms with Gasteiger partial charge in [-0.25, -0.2) is 20.0 Å². The molecule has 4 rings (SSSR count). The van der Waals surface area contributed by atoms with Crippen LogP contribution in [0.25, 0.3) is 22.2 Å². The first-order chi connectivity index (χ1) is 23.3. The molecule has 0 bridgehead atoms. The lowest BCUT2D eigenvalue weighted by molar-refractivity contribution is -0.122. The summed E-state index contributed by atoms with van der Waals surface area (Å²) < 4.78 is 10.5. The fourth-order valence-corrected chi connectivity index (χ4v) is 5.49. The zero-order valence-corrected chi connectivity index (χ0v) is 29.5. The summed E-state index contributed by atoms with van der Waals surface area (Å²) in [6.45, 7) is 10.1. The van der Waals surface area contributed by atoms with Crippen LogP contribution in [0.15, 0.2) is 59.4 Å². The fraction of sp³-hybridized carbons (Fsp3) is 0.472. The number of rotatable bonds is 9. The molecular formula is C36H51N5O8. The minimum atomic E-state index is -0.675. The van der Waals surface area contributed by atoms with Gasteiger partial charge in [0, 0.05) is 42.3 Å². The van der Waals surface area contributed by atoms with Gasteiger partial charge >= 0.3 is 12.1 Å². The Hall–Kier alpha value is -4.91. The van der Waals surface area contributed by atoms with Crippen LogP contribution in [0, 0.1) is 5.92 Å². The van der Waals surface area contributed by atoms with E-state index in [1.165, 1.54) is 9.91 Å². The molecule has 4 N–H and O–H groups in total. The van der Waals surface area contributed by atoms with E-state index in [-0.39, 0.29) is 17.9 Å². The summed E-state index contributed by atoms with van der Waals surface area (Å²) in [6, 6.07) is 16.4. The molecule has 1 aromatic heterocycles. The van der Waals surface area contributed by atoms with E-state index >= 15 is 0 Å². The summed E-state index contributed by atoms with van der Waals surface area (Å²) in [4.78, 5) is 61.7. The molecule has 3 aromatic rings. The van der Waals surface area contributed by atoms with Gasteiger partial charge in [-0.2, -0.15) is 0 Å². The van der Waals surface area contributed by atoms with Crippen LogP contribution < -0.4 is 20.9 Å². The number of pyridine rings is 1. The number of benzene rings is 2. The molecule has 2 aromatic carbocycles. The lowest BCUT2D eigenvalue weighted by Crippen LogP contribution is -2.55. The number of carboxylic acid groups (broad SMARTS) is 1. The number of nitrogens with one attached hydrogen (secondary N) is 3. The van der Waals surface area contributed by atoms with E-state index in [1.54, 1.807) is 46.1 Å². The van der Waals surface area contributed by atoms with Crippen molar-refractivity contribution >= 4 is 35.8 Å². The minimum Gasteiger partial charge on any atom is -0.497 e. The van der Waals surface area contributed by atoms with Gasteiger partial charge in [-0.1, -0.05) is 44.2 Å². The van der Waals surface area contributed by atoms with Gasteiger partial charge in [0.2, 0.25) is 0 Å². The second-order valence-electron chi connectivity index (χ2n) is 12.6. The topological polar surface area (TPSA) is 170 Å². The summed E-state index contributed by atoms with van der Waals surface area (Å²) in [5.41, 5.74) is 4.50. The van der Waals surface area contributed by atoms with E-state index in [0.717, 1.165) is 41.7 Å². The normalized spacial score (nSPS) is 15.0. The molecule has 0 spiro atoms. The molecule has 49 heavy (non-hydrogen) atoms. The van der Waals surface area contributed by atoms with Crippen molar-refractivity contribution < 1.29 is 33.8 Å². The summed E-state index contributed by atoms with van der Waals surface area (Å²) in [6.07, 6.45) is 3.25. The molecule has 268 valence electrons. The third-order valence-electron chi connectivity index (χ3n) is 7.99. The Labute approximate surface area is 287 Å². The van der Waals surface area contributed by atoms with E-state index in [0.29, 0.717) is 43.3 Å². The number of amides is 3. The molecule has 3 unspecified atom stereocenters. The Morgan fingerprint density at radius 1 is 1.14 bits per heavy atom. The molecule has 1 aliphatic rings. The summed E-state index contributed by atoms with van der Waals surface area (Å²) in [7, 11) is 3.53. The number of nitrogens with zero attached hydrogens (tertiary/aromatic N) is 2. The van der Waals surface area contributed by atoms with Crippen LogP contribution in [0.4, 0.5) is 9.59 Å². The Morgan fingerprint density at radius 2 is 1.82 bits per heavy atom. The Balaban J connectivity index is 0.000000328. The molecule has 3 amide bonds. The molecule has 1 saturated heterocycles. The number of fused-ring (bicyclic) bond motifs is 1. The number of aromatic amines is 1. The SMILES string of the molecule is CCC(NC)C(C)CCN(NC(=O)OC(C)(C)C)C(=O)N1CCCC1C=O.COc1ccc2c(=O)cc(-c3ccccc3)[nH]c2c1.O=CO. The minimum absolute atomic E-state index is 0.00950. The monoisotopic (exact) mass is 681 g/mol. The second-order valence-corrected chi connectivity index (χ2v) is 12.6. The molecule has 13 heteroatoms. The number of H-pyrrole nitrogens is 1. The Bertz CT molecular complexity index is 1550. The number of hydrogen-bond acceptors (Lipinski definition) is 8. The van der Waals surface area contributed by atoms with Crippen molar-refractivity contribution in [3.05, 3.63) is 64.8 Å². The molecule has 0 aliphatic carbocycles. The zero-order chi connectivity index (χ0) is 36.6. The number of ether oxygens (including phenoxy) is 2. The third kappa shape index (κ3) is 12.6. The largest absolute Gasteiger partial charge is 0.497 e. The number of hydrogen-bond donors (Lipinski definition) is 4. The van der Waals surface area contributed by atoms with Crippen LogP contribution in [0.2, 0.25) is 0 Å². The maximum atomic E-state index is 12.9. The van der Waals surface area contributed by atoms with Crippen molar-refractivity contribution in [1.29, 1.82) is 0 Å². The number of urea groups is 1. The van der Waals surface area contributed by atoms with Crippen LogP contribution in [-0.2, 0) is 14.3 Å². The van der Waals surface area contributed by atoms with Gasteiger partial charge in [0.1, 0.15) is 17.6 Å². The molecule has 2 heterocycles. The predicted molar refractivity (Wildman–Crippen MR) is 189 cm³/mol. The molecule has 0 saturated carbocycles. The van der Waals surface area contributed by atoms with E-state index in [4.69, 9.17) is 19.4 Å². The average Bonchev–Trinajstić information content (AvgIpc) is 3.56. The van der Waals surface area contributed by atoms with E-state index in [9.17, 15) is 19.2 Å². The highest BCUT2D eigenvalue weighted by atomic mass is 16.6. The van der Waals surface area contributed by atoms with Gasteiger partial charge in [-0.05, 0) is 77.1 Å². The number of methoxy groups -OCH3 is 1. The van der Waals surface area contributed by atoms with Gasteiger partial charge in [0.05, 0.1) is 18.7 Å². The number of aldehydes is 1. The number of carbonyl (C=O) groups is 4. The molecular weight excluding hydrogens is 630 g/mol. The first kappa shape index (κ1) is 40.3. The van der Waals surface area contributed by atoms with Crippen molar-refractivity contribution in [2.24, 2.45) is 5.92 Å². The van der Waals surface area contributed by atoms with Gasteiger partial charge < -0.3 is 34.6 Å². The van der Waals surface area contributed by atoms with Gasteiger partial charge in [0.25, 0.3) is 6.47 Å². The zero-order valence-electron chi connectivity index (χ0n) is 29.5. The van der Waals surface area contributed by atoms with Crippen molar-refractivity contribution in [2.75, 3.05) is 27.2 Å². The summed E-state index contributed by atoms with van der Waals surface area (Å²) in [5, 5.41) is 12.1. The first-order valence-electron chi connectivity index (χ1n) is 16.4. The fourth-order valence-electron chi connectivity index (χ4n) is 5.49. The average molecular weight is 682 g/mol. The molecule has 3 atom stereocenters. The predicted octanol–water partition coefficient (Wildman–Crippen LogP) is 5.44. The van der Waals surface area contributed by atoms with Gasteiger partial charge in [-0.15, -0.1) is 0 Å². The van der Waals surface area contributed by atoms with Gasteiger partial charge in [0.15, 0.2) is 5.43 Å². The maximum absolute atomic E-state index is 12.9. The second kappa shape index (κ2) is 19.8. The van der Waals surface area contributed by atoms with E-state index in [1.807, 2.05) is 43.4 Å². The highest BCUT2D eigenvalue weighted by Gasteiger charge is 2.33. The Kier molecular flexibility index (Phi) is 16.3. The summed E-state index contributed by atoms with van der Waals surface area (Å²) >= 11 is 0. The number of likely N-dealkylation sites (tertiary alicyclic amines) is 1. The summed E-state index contributed by atoms with van der Waals surface area (Å²) in [5.74, 6) is 1.05. The molecule has 13 nitrogen and oxygen atoms in total. The highest BCUT2D eigenvalue weighted by molar-refractivity contribution is 5.83. The van der Waals surface area contributed by atoms with E-state index in [2.05, 4.69) is 29.6 Å². The molecule has 1 fully saturated rings. The van der Waals surface area contributed by atoms with E-state index < -0.39 is 17.7 Å². The van der Waals surface area contributed by atoms with Crippen LogP contribution >= 0.6 is 0 Å². The number of carbonyl (C=O) groups excluding carboxylic acids is 3. The highest BCUT2D eigenvalue weighted by Crippen LogP contribution is 2.22. The Morgan fingerprint density at radius 3 is 2.39 bits per heavy atom. The van der Waals surface area contributed by atoms with Crippen molar-refractivity contribution in [1.82, 2.24) is 25.6 Å². The van der Waals surface area contributed by atoms with Crippen LogP contribution in [0.3, 0.4) is 0 Å². The maximum Gasteiger partial charge on any atom is 0.426 e. The number of aromatic nitrogens is 1. The lowest BCUT2D eigenvalue weighted by atomic mass is 9.96. The molecule has 1 aliphatic heterocycles. The third-order valence-corrected chi connectivity index (χ3v) is 7.99. The van der Waals surface area contributed by atoms with Crippen LogP contribution in [-0.4, -0.2) is 89.8 Å². The van der Waals surface area contributed by atoms with Crippen LogP contribution in [0.1, 0.15) is 60.3 Å². The quantitative estimate of drug-likeness (QED) is 0.170. The van der Waals surface area contributed by atoms with Gasteiger partial charge in [-0.3, -0.25) is 9.59 Å². The standard InChI is InChI=1S/C19H36N4O4.C16H13NO2.CH2O2/c1-7-16(20-6)14(2)10-12-23(21-17(25)27-19(3,4)5)18(26)22-11-8-9-15(22)13-24;1-19-12-7-8-13-15(9-12)17-14(10-16(13)18)11-5-3-2-4-6-11;2-1-3/h13-16,20H,7-12H2,1-6H3,(H,21,25);2-10H,1H3,(H,17,18);1H,(H,2,3). The molecule has 0 radical (unpaired) electrons. The van der Waals surface area contributed by atoms with Crippen molar-refractivity contribution in [2.45, 2.75) is 78.0 Å². The smallest absolute Gasteiger partial charge is 0.426 e. The lowest BCUT2D eigenvalue weighted by Gasteiger charge is -2.32. The van der Waals surface area contributed by atoms with Crippen molar-refractivity contribution in [3.63, 3.8) is 0 Å². The number of hydrazine groups is 1. The first-order valence-corrected chi connectivity index (χ1v) is 16.4. The van der Waals surface area contributed by atoms with Crippen LogP contribution in [0.5, 0.6) is 5.75 Å². The van der Waals surface area contributed by atoms with Crippen molar-refractivity contribution in [3.8, 4) is 17.0 Å².